The molecule has 3 heteroatoms. The summed E-state index contributed by atoms with van der Waals surface area (Å²) in [4.78, 5) is 12.7. The Morgan fingerprint density at radius 2 is 2.50 bits per heavy atom. The Bertz CT molecular complexity index is 74.9. The number of aliphatic imine (C=N–C) groups is 1. The maximum absolute atomic E-state index is 9.35. The molecule has 0 aliphatic carbocycles. The van der Waals surface area contributed by atoms with E-state index in [2.05, 4.69) is 4.99 Å². The van der Waals surface area contributed by atoms with Gasteiger partial charge in [0.05, 0.1) is 0 Å². The van der Waals surface area contributed by atoms with Crippen LogP contribution in [0.4, 0.5) is 0 Å². The highest BCUT2D eigenvalue weighted by Gasteiger charge is 1.79. The zero-order chi connectivity index (χ0) is 4.99. The van der Waals surface area contributed by atoms with Gasteiger partial charge in [0.25, 0.3) is 0 Å². The van der Waals surface area contributed by atoms with Gasteiger partial charge in [-0.15, -0.1) is 0 Å². The van der Waals surface area contributed by atoms with Crippen molar-refractivity contribution < 1.29 is 4.79 Å². The summed E-state index contributed by atoms with van der Waals surface area (Å²) in [5.41, 5.74) is 0.238. The van der Waals surface area contributed by atoms with E-state index in [1.165, 1.54) is 6.08 Å². The summed E-state index contributed by atoms with van der Waals surface area (Å²) < 4.78 is 0. The largest absolute Gasteiger partial charge is 0.234 e. The van der Waals surface area contributed by atoms with E-state index in [1.807, 2.05) is 6.92 Å². The monoisotopic (exact) mass is 101 g/mol. The van der Waals surface area contributed by atoms with Crippen LogP contribution in [-0.2, 0) is 4.79 Å². The SMILES string of the molecule is CC([SiH3])N=C=O. The number of hydrogen-bond acceptors (Lipinski definition) is 2. The van der Waals surface area contributed by atoms with Gasteiger partial charge in [0, 0.05) is 15.9 Å². The quantitative estimate of drug-likeness (QED) is 0.237. The predicted molar refractivity (Wildman–Crippen MR) is 27.5 cm³/mol. The molecule has 0 aliphatic rings. The maximum Gasteiger partial charge on any atom is 0.234 e. The van der Waals surface area contributed by atoms with E-state index in [4.69, 9.17) is 0 Å². The second-order valence-electron chi connectivity index (χ2n) is 1.31. The standard InChI is InChI=1S/C3H7NOSi/c1-3(6)4-2-5/h3H,1,6H3. The number of rotatable bonds is 1. The number of carbonyl (C=O) groups excluding carboxylic acids is 1. The molecule has 0 aliphatic heterocycles. The van der Waals surface area contributed by atoms with Crippen molar-refractivity contribution in [1.82, 2.24) is 0 Å². The van der Waals surface area contributed by atoms with Gasteiger partial charge in [0.2, 0.25) is 6.08 Å². The first-order valence-electron chi connectivity index (χ1n) is 1.84. The molecule has 2 nitrogen and oxygen atoms in total. The van der Waals surface area contributed by atoms with Gasteiger partial charge < -0.3 is 0 Å². The lowest BCUT2D eigenvalue weighted by molar-refractivity contribution is 0.562. The lowest BCUT2D eigenvalue weighted by atomic mass is 10.8. The first kappa shape index (κ1) is 5.60. The molecule has 34 valence electrons. The Morgan fingerprint density at radius 1 is 2.00 bits per heavy atom. The second-order valence-corrected chi connectivity index (χ2v) is 2.99. The van der Waals surface area contributed by atoms with Crippen LogP contribution in [0.1, 0.15) is 6.92 Å². The van der Waals surface area contributed by atoms with Crippen LogP contribution in [0, 0.1) is 0 Å². The Hall–Kier alpha value is -0.403. The fourth-order valence-electron chi connectivity index (χ4n) is 0.105. The van der Waals surface area contributed by atoms with E-state index in [0.717, 1.165) is 10.2 Å². The fourth-order valence-corrected chi connectivity index (χ4v) is 0.211. The number of nitrogens with zero attached hydrogens (tertiary/aromatic N) is 1. The maximum atomic E-state index is 9.35. The van der Waals surface area contributed by atoms with Gasteiger partial charge in [-0.3, -0.25) is 0 Å². The van der Waals surface area contributed by atoms with Crippen molar-refractivity contribution in [2.75, 3.05) is 0 Å². The zero-order valence-electron chi connectivity index (χ0n) is 3.93. The molecule has 6 heavy (non-hydrogen) atoms. The highest BCUT2D eigenvalue weighted by Crippen LogP contribution is 1.72. The topological polar surface area (TPSA) is 29.4 Å². The third kappa shape index (κ3) is 3.60. The van der Waals surface area contributed by atoms with Crippen LogP contribution in [0.3, 0.4) is 0 Å². The highest BCUT2D eigenvalue weighted by atomic mass is 28.1. The van der Waals surface area contributed by atoms with Crippen molar-refractivity contribution in [3.05, 3.63) is 0 Å². The summed E-state index contributed by atoms with van der Waals surface area (Å²) in [6.07, 6.45) is 1.48. The van der Waals surface area contributed by atoms with E-state index in [1.54, 1.807) is 0 Å². The average Bonchev–Trinajstić information content (AvgIpc) is 1.35. The summed E-state index contributed by atoms with van der Waals surface area (Å²) in [6, 6.07) is 0. The average molecular weight is 101 g/mol. The lowest BCUT2D eigenvalue weighted by Crippen LogP contribution is -1.92. The number of hydrogen-bond donors (Lipinski definition) is 0. The van der Waals surface area contributed by atoms with E-state index >= 15 is 0 Å². The number of isocyanates is 1. The van der Waals surface area contributed by atoms with E-state index in [-0.39, 0.29) is 5.67 Å². The molecule has 0 bridgehead atoms. The van der Waals surface area contributed by atoms with Crippen molar-refractivity contribution >= 4 is 16.3 Å². The van der Waals surface area contributed by atoms with Crippen LogP contribution in [0.15, 0.2) is 4.99 Å². The molecule has 0 heterocycles. The molecule has 0 amide bonds. The van der Waals surface area contributed by atoms with Gasteiger partial charge in [0.1, 0.15) is 0 Å². The minimum Gasteiger partial charge on any atom is -0.211 e. The van der Waals surface area contributed by atoms with E-state index in [9.17, 15) is 4.79 Å². The second kappa shape index (κ2) is 2.81. The Kier molecular flexibility index (Phi) is 2.63. The molecule has 0 N–H and O–H groups in total. The first-order chi connectivity index (χ1) is 2.77. The van der Waals surface area contributed by atoms with Crippen molar-refractivity contribution in [3.63, 3.8) is 0 Å². The van der Waals surface area contributed by atoms with Gasteiger partial charge in [0.15, 0.2) is 0 Å². The molecular formula is C3H7NOSi. The molecule has 1 atom stereocenters. The molecule has 0 radical (unpaired) electrons. The summed E-state index contributed by atoms with van der Waals surface area (Å²) in [6.45, 7) is 1.89. The molecule has 0 saturated carbocycles. The minimum atomic E-state index is 0.238. The molecule has 1 unspecified atom stereocenters. The normalized spacial score (nSPS) is 12.8. The van der Waals surface area contributed by atoms with Crippen molar-refractivity contribution in [2.24, 2.45) is 4.99 Å². The summed E-state index contributed by atoms with van der Waals surface area (Å²) in [5, 5.41) is 0. The zero-order valence-corrected chi connectivity index (χ0v) is 5.93. The smallest absolute Gasteiger partial charge is 0.211 e. The van der Waals surface area contributed by atoms with Gasteiger partial charge in [-0.05, 0) is 6.92 Å². The van der Waals surface area contributed by atoms with Gasteiger partial charge in [-0.25, -0.2) is 9.79 Å². The summed E-state index contributed by atoms with van der Waals surface area (Å²) in [5.74, 6) is 0. The third-order valence-electron chi connectivity index (χ3n) is 0.311. The van der Waals surface area contributed by atoms with Crippen molar-refractivity contribution in [3.8, 4) is 0 Å². The van der Waals surface area contributed by atoms with Gasteiger partial charge in [-0.2, -0.15) is 0 Å². The van der Waals surface area contributed by atoms with Crippen molar-refractivity contribution in [2.45, 2.75) is 12.6 Å². The van der Waals surface area contributed by atoms with Gasteiger partial charge in [-0.1, -0.05) is 0 Å². The minimum absolute atomic E-state index is 0.238. The molecular weight excluding hydrogens is 94.1 g/mol. The first-order valence-corrected chi connectivity index (χ1v) is 3.00. The lowest BCUT2D eigenvalue weighted by Gasteiger charge is -1.82. The molecule has 0 aromatic rings. The van der Waals surface area contributed by atoms with Gasteiger partial charge >= 0.3 is 0 Å². The van der Waals surface area contributed by atoms with Crippen LogP contribution < -0.4 is 0 Å². The molecule has 0 fully saturated rings. The Balaban J connectivity index is 3.29. The molecule has 0 spiro atoms. The Labute approximate surface area is 39.7 Å². The van der Waals surface area contributed by atoms with Crippen LogP contribution >= 0.6 is 0 Å². The fraction of sp³-hybridized carbons (Fsp3) is 0.667. The molecule has 0 saturated heterocycles. The predicted octanol–water partition coefficient (Wildman–Crippen LogP) is -0.966. The Morgan fingerprint density at radius 3 is 2.50 bits per heavy atom. The molecule has 0 rings (SSSR count). The van der Waals surface area contributed by atoms with Crippen molar-refractivity contribution in [1.29, 1.82) is 0 Å². The molecule has 0 aromatic heterocycles. The summed E-state index contributed by atoms with van der Waals surface area (Å²) >= 11 is 0. The van der Waals surface area contributed by atoms with Crippen LogP contribution in [0.25, 0.3) is 0 Å². The van der Waals surface area contributed by atoms with Crippen LogP contribution in [-0.4, -0.2) is 22.0 Å². The van der Waals surface area contributed by atoms with E-state index in [0.29, 0.717) is 0 Å². The van der Waals surface area contributed by atoms with E-state index < -0.39 is 0 Å². The summed E-state index contributed by atoms with van der Waals surface area (Å²) in [7, 11) is 0.949. The highest BCUT2D eigenvalue weighted by molar-refractivity contribution is 6.11. The molecule has 0 aromatic carbocycles. The third-order valence-corrected chi connectivity index (χ3v) is 0.569. The van der Waals surface area contributed by atoms with Crippen LogP contribution in [0.2, 0.25) is 0 Å². The van der Waals surface area contributed by atoms with Crippen LogP contribution in [0.5, 0.6) is 0 Å².